The van der Waals surface area contributed by atoms with Crippen LogP contribution in [-0.2, 0) is 20.9 Å². The molecule has 1 aliphatic heterocycles. The number of anilines is 1. The van der Waals surface area contributed by atoms with E-state index in [1.54, 1.807) is 12.1 Å². The lowest BCUT2D eigenvalue weighted by Crippen LogP contribution is -2.35. The predicted octanol–water partition coefficient (Wildman–Crippen LogP) is 2.92. The van der Waals surface area contributed by atoms with Crippen LogP contribution in [0.1, 0.15) is 21.5 Å². The van der Waals surface area contributed by atoms with Gasteiger partial charge in [0, 0.05) is 5.02 Å². The number of esters is 1. The molecule has 5 nitrogen and oxygen atoms in total. The van der Waals surface area contributed by atoms with E-state index in [0.29, 0.717) is 10.7 Å². The quantitative estimate of drug-likeness (QED) is 0.632. The smallest absolute Gasteiger partial charge is 0.326 e. The SMILES string of the molecule is Cc1ccc(COC(=O)CN2C(=O)C(=O)c3cc(Cl)ccc32)cc1. The van der Waals surface area contributed by atoms with Crippen LogP contribution in [0.3, 0.4) is 0 Å². The molecule has 2 aromatic carbocycles. The summed E-state index contributed by atoms with van der Waals surface area (Å²) in [6.07, 6.45) is 0. The first-order valence-electron chi connectivity index (χ1n) is 7.32. The van der Waals surface area contributed by atoms with E-state index in [4.69, 9.17) is 16.3 Å². The summed E-state index contributed by atoms with van der Waals surface area (Å²) in [5, 5.41) is 0.360. The van der Waals surface area contributed by atoms with Gasteiger partial charge in [0.05, 0.1) is 11.3 Å². The van der Waals surface area contributed by atoms with E-state index < -0.39 is 17.7 Å². The summed E-state index contributed by atoms with van der Waals surface area (Å²) in [5.41, 5.74) is 2.55. The lowest BCUT2D eigenvalue weighted by molar-refractivity contribution is -0.143. The number of rotatable bonds is 4. The fourth-order valence-electron chi connectivity index (χ4n) is 2.45. The van der Waals surface area contributed by atoms with E-state index in [9.17, 15) is 14.4 Å². The molecule has 0 atom stereocenters. The lowest BCUT2D eigenvalue weighted by atomic mass is 10.1. The van der Waals surface area contributed by atoms with Gasteiger partial charge in [0.1, 0.15) is 13.2 Å². The number of Topliss-reactive ketones (excluding diaryl/α,β-unsaturated/α-hetero) is 1. The molecule has 3 rings (SSSR count). The van der Waals surface area contributed by atoms with E-state index in [0.717, 1.165) is 16.0 Å². The van der Waals surface area contributed by atoms with E-state index in [1.165, 1.54) is 6.07 Å². The van der Waals surface area contributed by atoms with Gasteiger partial charge in [-0.3, -0.25) is 19.3 Å². The van der Waals surface area contributed by atoms with Crippen molar-refractivity contribution in [1.82, 2.24) is 0 Å². The number of ketones is 1. The molecule has 24 heavy (non-hydrogen) atoms. The van der Waals surface area contributed by atoms with Gasteiger partial charge in [0.15, 0.2) is 0 Å². The van der Waals surface area contributed by atoms with Crippen molar-refractivity contribution in [2.45, 2.75) is 13.5 Å². The number of hydrogen-bond donors (Lipinski definition) is 0. The van der Waals surface area contributed by atoms with Crippen molar-refractivity contribution in [3.63, 3.8) is 0 Å². The minimum atomic E-state index is -0.750. The molecule has 6 heteroatoms. The molecule has 0 saturated carbocycles. The minimum Gasteiger partial charge on any atom is -0.459 e. The van der Waals surface area contributed by atoms with Gasteiger partial charge in [-0.25, -0.2) is 0 Å². The van der Waals surface area contributed by atoms with Crippen LogP contribution in [0, 0.1) is 6.92 Å². The third-order valence-electron chi connectivity index (χ3n) is 3.74. The summed E-state index contributed by atoms with van der Waals surface area (Å²) >= 11 is 5.84. The molecule has 122 valence electrons. The Morgan fingerprint density at radius 3 is 2.54 bits per heavy atom. The monoisotopic (exact) mass is 343 g/mol. The Morgan fingerprint density at radius 1 is 1.12 bits per heavy atom. The van der Waals surface area contributed by atoms with Gasteiger partial charge in [0.25, 0.3) is 11.7 Å². The Balaban J connectivity index is 1.67. The van der Waals surface area contributed by atoms with Crippen LogP contribution in [0.15, 0.2) is 42.5 Å². The molecule has 0 radical (unpaired) electrons. The average molecular weight is 344 g/mol. The predicted molar refractivity (Wildman–Crippen MR) is 89.1 cm³/mol. The second-order valence-electron chi connectivity index (χ2n) is 5.53. The standard InChI is InChI=1S/C18H14ClNO4/c1-11-2-4-12(5-3-11)10-24-16(21)9-20-15-7-6-13(19)8-14(15)17(22)18(20)23/h2-8H,9-10H2,1H3. The van der Waals surface area contributed by atoms with Gasteiger partial charge in [-0.2, -0.15) is 0 Å². The van der Waals surface area contributed by atoms with Crippen LogP contribution >= 0.6 is 11.6 Å². The summed E-state index contributed by atoms with van der Waals surface area (Å²) in [7, 11) is 0. The Labute approximate surface area is 143 Å². The molecular weight excluding hydrogens is 330 g/mol. The number of fused-ring (bicyclic) bond motifs is 1. The van der Waals surface area contributed by atoms with E-state index >= 15 is 0 Å². The fraction of sp³-hybridized carbons (Fsp3) is 0.167. The average Bonchev–Trinajstić information content (AvgIpc) is 2.79. The largest absolute Gasteiger partial charge is 0.459 e. The molecule has 0 N–H and O–H groups in total. The van der Waals surface area contributed by atoms with Gasteiger partial charge >= 0.3 is 5.97 Å². The number of benzene rings is 2. The van der Waals surface area contributed by atoms with Crippen LogP contribution in [0.25, 0.3) is 0 Å². The molecular formula is C18H14ClNO4. The van der Waals surface area contributed by atoms with Gasteiger partial charge in [-0.05, 0) is 30.7 Å². The Bertz CT molecular complexity index is 829. The van der Waals surface area contributed by atoms with Gasteiger partial charge in [-0.1, -0.05) is 41.4 Å². The Hall–Kier alpha value is -2.66. The highest BCUT2D eigenvalue weighted by atomic mass is 35.5. The van der Waals surface area contributed by atoms with Crippen LogP contribution in [-0.4, -0.2) is 24.2 Å². The summed E-state index contributed by atoms with van der Waals surface area (Å²) in [5.74, 6) is -2.00. The first-order chi connectivity index (χ1) is 11.5. The summed E-state index contributed by atoms with van der Waals surface area (Å²) in [6, 6.07) is 12.1. The number of carbonyl (C=O) groups is 3. The van der Waals surface area contributed by atoms with E-state index in [-0.39, 0.29) is 18.7 Å². The lowest BCUT2D eigenvalue weighted by Gasteiger charge is -2.15. The molecule has 0 bridgehead atoms. The first-order valence-corrected chi connectivity index (χ1v) is 7.70. The third kappa shape index (κ3) is 3.16. The molecule has 1 aliphatic rings. The molecule has 0 unspecified atom stereocenters. The van der Waals surface area contributed by atoms with E-state index in [2.05, 4.69) is 0 Å². The van der Waals surface area contributed by atoms with Crippen molar-refractivity contribution >= 4 is 34.9 Å². The number of ether oxygens (including phenoxy) is 1. The van der Waals surface area contributed by atoms with Crippen molar-refractivity contribution in [3.05, 3.63) is 64.2 Å². The Kier molecular flexibility index (Phi) is 4.36. The van der Waals surface area contributed by atoms with E-state index in [1.807, 2.05) is 31.2 Å². The maximum absolute atomic E-state index is 12.0. The van der Waals surface area contributed by atoms with Crippen molar-refractivity contribution in [3.8, 4) is 0 Å². The fourth-order valence-corrected chi connectivity index (χ4v) is 2.62. The number of nitrogens with zero attached hydrogens (tertiary/aromatic N) is 1. The normalized spacial score (nSPS) is 13.2. The second kappa shape index (κ2) is 6.45. The van der Waals surface area contributed by atoms with Crippen molar-refractivity contribution in [2.75, 3.05) is 11.4 Å². The van der Waals surface area contributed by atoms with Gasteiger partial charge in [0.2, 0.25) is 0 Å². The van der Waals surface area contributed by atoms with Gasteiger partial charge < -0.3 is 4.74 Å². The molecule has 0 saturated heterocycles. The zero-order valence-corrected chi connectivity index (χ0v) is 13.7. The number of amides is 1. The van der Waals surface area contributed by atoms with Crippen LogP contribution in [0.4, 0.5) is 5.69 Å². The number of halogens is 1. The zero-order chi connectivity index (χ0) is 17.3. The topological polar surface area (TPSA) is 63.7 Å². The van der Waals surface area contributed by atoms with Crippen molar-refractivity contribution in [1.29, 1.82) is 0 Å². The summed E-state index contributed by atoms with van der Waals surface area (Å²) < 4.78 is 5.18. The highest BCUT2D eigenvalue weighted by Crippen LogP contribution is 2.31. The summed E-state index contributed by atoms with van der Waals surface area (Å²) in [4.78, 5) is 37.1. The number of carbonyl (C=O) groups excluding carboxylic acids is 3. The highest BCUT2D eigenvalue weighted by Gasteiger charge is 2.37. The van der Waals surface area contributed by atoms with Gasteiger partial charge in [-0.15, -0.1) is 0 Å². The molecule has 0 aromatic heterocycles. The third-order valence-corrected chi connectivity index (χ3v) is 3.98. The van der Waals surface area contributed by atoms with Crippen molar-refractivity contribution < 1.29 is 19.1 Å². The maximum atomic E-state index is 12.0. The Morgan fingerprint density at radius 2 is 1.83 bits per heavy atom. The molecule has 0 aliphatic carbocycles. The maximum Gasteiger partial charge on any atom is 0.326 e. The molecule has 0 fully saturated rings. The molecule has 0 spiro atoms. The van der Waals surface area contributed by atoms with Crippen molar-refractivity contribution in [2.24, 2.45) is 0 Å². The first kappa shape index (κ1) is 16.2. The minimum absolute atomic E-state index is 0.114. The van der Waals surface area contributed by atoms with Crippen LogP contribution < -0.4 is 4.90 Å². The highest BCUT2D eigenvalue weighted by molar-refractivity contribution is 6.53. The van der Waals surface area contributed by atoms with Crippen LogP contribution in [0.5, 0.6) is 0 Å². The zero-order valence-electron chi connectivity index (χ0n) is 12.9. The molecule has 2 aromatic rings. The molecule has 1 heterocycles. The number of hydrogen-bond acceptors (Lipinski definition) is 4. The molecule has 1 amide bonds. The second-order valence-corrected chi connectivity index (χ2v) is 5.96. The summed E-state index contributed by atoms with van der Waals surface area (Å²) in [6.45, 7) is 1.77. The number of aryl methyl sites for hydroxylation is 1. The van der Waals surface area contributed by atoms with Crippen LogP contribution in [0.2, 0.25) is 5.02 Å².